The zero-order chi connectivity index (χ0) is 16.3. The Morgan fingerprint density at radius 1 is 1.09 bits per heavy atom. The maximum atomic E-state index is 12.4. The number of rotatable bonds is 4. The van der Waals surface area contributed by atoms with E-state index >= 15 is 0 Å². The highest BCUT2D eigenvalue weighted by Gasteiger charge is 2.14. The van der Waals surface area contributed by atoms with Gasteiger partial charge in [-0.05, 0) is 30.3 Å². The Bertz CT molecular complexity index is 801. The van der Waals surface area contributed by atoms with Crippen LogP contribution in [0.2, 0.25) is 0 Å². The van der Waals surface area contributed by atoms with E-state index in [9.17, 15) is 13.2 Å². The number of nitrogens with one attached hydrogen (secondary N) is 1. The topological polar surface area (TPSA) is 92.5 Å². The lowest BCUT2D eigenvalue weighted by atomic mass is 10.1. The monoisotopic (exact) mass is 319 g/mol. The Morgan fingerprint density at radius 3 is 2.41 bits per heavy atom. The van der Waals surface area contributed by atoms with E-state index in [1.165, 1.54) is 18.2 Å². The van der Waals surface area contributed by atoms with Crippen molar-refractivity contribution in [2.45, 2.75) is 4.90 Å². The summed E-state index contributed by atoms with van der Waals surface area (Å²) in [5.41, 5.74) is 1.63. The zero-order valence-electron chi connectivity index (χ0n) is 12.3. The second-order valence-electron chi connectivity index (χ2n) is 4.94. The van der Waals surface area contributed by atoms with Crippen LogP contribution in [0.15, 0.2) is 53.4 Å². The Morgan fingerprint density at radius 2 is 1.77 bits per heavy atom. The molecule has 0 bridgehead atoms. The van der Waals surface area contributed by atoms with Gasteiger partial charge in [-0.2, -0.15) is 0 Å². The van der Waals surface area contributed by atoms with Crippen LogP contribution in [-0.4, -0.2) is 28.4 Å². The van der Waals surface area contributed by atoms with Gasteiger partial charge in [-0.1, -0.05) is 18.2 Å². The molecule has 3 N–H and O–H groups in total. The van der Waals surface area contributed by atoms with E-state index in [0.29, 0.717) is 11.3 Å². The molecule has 0 atom stereocenters. The van der Waals surface area contributed by atoms with Gasteiger partial charge in [0.2, 0.25) is 10.0 Å². The van der Waals surface area contributed by atoms with Gasteiger partial charge in [-0.15, -0.1) is 0 Å². The summed E-state index contributed by atoms with van der Waals surface area (Å²) in [4.78, 5) is 14.2. The van der Waals surface area contributed by atoms with E-state index in [-0.39, 0.29) is 10.8 Å². The Kier molecular flexibility index (Phi) is 4.48. The van der Waals surface area contributed by atoms with Crippen LogP contribution in [0.25, 0.3) is 0 Å². The number of primary sulfonamides is 1. The molecule has 6 nitrogen and oxygen atoms in total. The van der Waals surface area contributed by atoms with E-state index in [4.69, 9.17) is 5.14 Å². The van der Waals surface area contributed by atoms with Crippen LogP contribution < -0.4 is 15.4 Å². The first-order chi connectivity index (χ1) is 10.3. The smallest absolute Gasteiger partial charge is 0.257 e. The maximum absolute atomic E-state index is 12.4. The molecule has 7 heteroatoms. The summed E-state index contributed by atoms with van der Waals surface area (Å²) >= 11 is 0. The number of carbonyl (C=O) groups excluding carboxylic acids is 1. The highest BCUT2D eigenvalue weighted by atomic mass is 32.2. The number of hydrogen-bond donors (Lipinski definition) is 2. The van der Waals surface area contributed by atoms with Gasteiger partial charge < -0.3 is 10.2 Å². The average molecular weight is 319 g/mol. The molecular formula is C15H17N3O3S. The molecule has 0 fully saturated rings. The van der Waals surface area contributed by atoms with Gasteiger partial charge in [0.25, 0.3) is 5.91 Å². The Labute approximate surface area is 129 Å². The minimum atomic E-state index is -3.81. The second-order valence-corrected chi connectivity index (χ2v) is 6.50. The van der Waals surface area contributed by atoms with Gasteiger partial charge in [0.05, 0.1) is 10.5 Å². The number of nitrogens with two attached hydrogens (primary N) is 1. The third kappa shape index (κ3) is 3.63. The fourth-order valence-electron chi connectivity index (χ4n) is 2.00. The quantitative estimate of drug-likeness (QED) is 0.896. The van der Waals surface area contributed by atoms with Crippen LogP contribution >= 0.6 is 0 Å². The number of amides is 1. The lowest BCUT2D eigenvalue weighted by Crippen LogP contribution is -2.19. The number of hydrogen-bond acceptors (Lipinski definition) is 4. The van der Waals surface area contributed by atoms with Gasteiger partial charge >= 0.3 is 0 Å². The van der Waals surface area contributed by atoms with E-state index in [1.807, 2.05) is 31.1 Å². The molecule has 0 saturated heterocycles. The first-order valence-electron chi connectivity index (χ1n) is 6.49. The predicted molar refractivity (Wildman–Crippen MR) is 86.5 cm³/mol. The minimum absolute atomic E-state index is 0.0498. The third-order valence-electron chi connectivity index (χ3n) is 3.05. The van der Waals surface area contributed by atoms with Crippen molar-refractivity contribution < 1.29 is 13.2 Å². The number of carbonyl (C=O) groups is 1. The number of para-hydroxylation sites is 1. The largest absolute Gasteiger partial charge is 0.377 e. The predicted octanol–water partition coefficient (Wildman–Crippen LogP) is 1.65. The molecule has 116 valence electrons. The maximum Gasteiger partial charge on any atom is 0.257 e. The van der Waals surface area contributed by atoms with Crippen LogP contribution in [0, 0.1) is 0 Å². The van der Waals surface area contributed by atoms with E-state index in [0.717, 1.165) is 5.69 Å². The van der Waals surface area contributed by atoms with Crippen molar-refractivity contribution in [1.29, 1.82) is 0 Å². The van der Waals surface area contributed by atoms with E-state index in [1.54, 1.807) is 18.2 Å². The first kappa shape index (κ1) is 16.0. The lowest BCUT2D eigenvalue weighted by Gasteiger charge is -2.17. The van der Waals surface area contributed by atoms with Crippen molar-refractivity contribution in [2.24, 2.45) is 5.14 Å². The summed E-state index contributed by atoms with van der Waals surface area (Å²) in [6.45, 7) is 0. The molecule has 2 aromatic rings. The lowest BCUT2D eigenvalue weighted by molar-refractivity contribution is 0.102. The van der Waals surface area contributed by atoms with Crippen molar-refractivity contribution in [3.63, 3.8) is 0 Å². The van der Waals surface area contributed by atoms with Gasteiger partial charge in [0.1, 0.15) is 0 Å². The number of benzene rings is 2. The van der Waals surface area contributed by atoms with Crippen molar-refractivity contribution in [1.82, 2.24) is 0 Å². The molecule has 0 radical (unpaired) electrons. The third-order valence-corrected chi connectivity index (χ3v) is 3.96. The molecule has 0 spiro atoms. The number of anilines is 2. The van der Waals surface area contributed by atoms with Gasteiger partial charge in [-0.3, -0.25) is 4.79 Å². The number of sulfonamides is 1. The van der Waals surface area contributed by atoms with E-state index in [2.05, 4.69) is 5.32 Å². The van der Waals surface area contributed by atoms with Crippen molar-refractivity contribution in [3.05, 3.63) is 54.1 Å². The van der Waals surface area contributed by atoms with Crippen molar-refractivity contribution in [2.75, 3.05) is 24.3 Å². The summed E-state index contributed by atoms with van der Waals surface area (Å²) in [7, 11) is -0.125. The molecule has 1 amide bonds. The molecular weight excluding hydrogens is 302 g/mol. The van der Waals surface area contributed by atoms with Gasteiger partial charge in [0, 0.05) is 25.5 Å². The molecule has 0 aliphatic carbocycles. The normalized spacial score (nSPS) is 11.0. The molecule has 0 saturated carbocycles. The van der Waals surface area contributed by atoms with Crippen LogP contribution in [0.1, 0.15) is 10.4 Å². The SMILES string of the molecule is CN(C)c1ccccc1C(=O)Nc1cccc(S(N)(=O)=O)c1. The highest BCUT2D eigenvalue weighted by molar-refractivity contribution is 7.89. The highest BCUT2D eigenvalue weighted by Crippen LogP contribution is 2.20. The van der Waals surface area contributed by atoms with Gasteiger partial charge in [0.15, 0.2) is 0 Å². The fourth-order valence-corrected chi connectivity index (χ4v) is 2.56. The summed E-state index contributed by atoms with van der Waals surface area (Å²) in [6.07, 6.45) is 0. The van der Waals surface area contributed by atoms with Gasteiger partial charge in [-0.25, -0.2) is 13.6 Å². The number of nitrogens with zero attached hydrogens (tertiary/aromatic N) is 1. The van der Waals surface area contributed by atoms with E-state index < -0.39 is 10.0 Å². The molecule has 2 rings (SSSR count). The molecule has 0 unspecified atom stereocenters. The summed E-state index contributed by atoms with van der Waals surface area (Å²) < 4.78 is 22.7. The standard InChI is InChI=1S/C15H17N3O3S/c1-18(2)14-9-4-3-8-13(14)15(19)17-11-6-5-7-12(10-11)22(16,20)21/h3-10H,1-2H3,(H,17,19)(H2,16,20,21). The van der Waals surface area contributed by atoms with Crippen LogP contribution in [-0.2, 0) is 10.0 Å². The first-order valence-corrected chi connectivity index (χ1v) is 8.04. The molecule has 0 aliphatic heterocycles. The Balaban J connectivity index is 2.31. The summed E-state index contributed by atoms with van der Waals surface area (Å²) in [6, 6.07) is 13.0. The molecule has 22 heavy (non-hydrogen) atoms. The van der Waals surface area contributed by atoms with Crippen LogP contribution in [0.3, 0.4) is 0 Å². The van der Waals surface area contributed by atoms with Crippen molar-refractivity contribution >= 4 is 27.3 Å². The molecule has 2 aromatic carbocycles. The minimum Gasteiger partial charge on any atom is -0.377 e. The van der Waals surface area contributed by atoms with Crippen molar-refractivity contribution in [3.8, 4) is 0 Å². The summed E-state index contributed by atoms with van der Waals surface area (Å²) in [5, 5.41) is 7.76. The molecule has 0 heterocycles. The molecule has 0 aliphatic rings. The zero-order valence-corrected chi connectivity index (χ0v) is 13.1. The molecule has 0 aromatic heterocycles. The average Bonchev–Trinajstić information content (AvgIpc) is 2.46. The Hall–Kier alpha value is -2.38. The second kappa shape index (κ2) is 6.17. The summed E-state index contributed by atoms with van der Waals surface area (Å²) in [5.74, 6) is -0.323. The van der Waals surface area contributed by atoms with Crippen LogP contribution in [0.5, 0.6) is 0 Å². The fraction of sp³-hybridized carbons (Fsp3) is 0.133. The van der Waals surface area contributed by atoms with Crippen LogP contribution in [0.4, 0.5) is 11.4 Å².